The van der Waals surface area contributed by atoms with Crippen molar-refractivity contribution in [3.63, 3.8) is 0 Å². The largest absolute Gasteiger partial charge is 0.459 e. The van der Waals surface area contributed by atoms with Crippen LogP contribution in [0.4, 0.5) is 0 Å². The Labute approximate surface area is 119 Å². The molecule has 1 aromatic heterocycles. The van der Waals surface area contributed by atoms with Gasteiger partial charge in [0.25, 0.3) is 0 Å². The standard InChI is InChI=1S/C15H22N2OS/c1-16-10-13-12-6-4-5-7-14(12)18-15(13)11-17(2)8-9-19-3/h4-7,16H,8-11H2,1-3H3. The number of thioether (sulfide) groups is 1. The molecule has 0 saturated heterocycles. The van der Waals surface area contributed by atoms with Crippen LogP contribution in [0.2, 0.25) is 0 Å². The van der Waals surface area contributed by atoms with Gasteiger partial charge in [-0.25, -0.2) is 0 Å². The van der Waals surface area contributed by atoms with Crippen LogP contribution in [0.5, 0.6) is 0 Å². The van der Waals surface area contributed by atoms with E-state index in [0.717, 1.165) is 36.7 Å². The molecule has 0 radical (unpaired) electrons. The first kappa shape index (κ1) is 14.4. The average Bonchev–Trinajstić information content (AvgIpc) is 2.75. The van der Waals surface area contributed by atoms with Gasteiger partial charge in [0, 0.05) is 29.8 Å². The zero-order valence-electron chi connectivity index (χ0n) is 11.9. The molecule has 0 fully saturated rings. The van der Waals surface area contributed by atoms with Gasteiger partial charge in [0.1, 0.15) is 11.3 Å². The third-order valence-corrected chi connectivity index (χ3v) is 3.82. The highest BCUT2D eigenvalue weighted by Gasteiger charge is 2.14. The Balaban J connectivity index is 2.23. The molecule has 4 heteroatoms. The van der Waals surface area contributed by atoms with Crippen molar-refractivity contribution in [1.29, 1.82) is 0 Å². The maximum atomic E-state index is 6.01. The van der Waals surface area contributed by atoms with E-state index in [1.807, 2.05) is 30.9 Å². The first-order chi connectivity index (χ1) is 9.26. The monoisotopic (exact) mass is 278 g/mol. The van der Waals surface area contributed by atoms with E-state index < -0.39 is 0 Å². The Hall–Kier alpha value is -0.970. The molecule has 0 amide bonds. The van der Waals surface area contributed by atoms with Crippen molar-refractivity contribution in [1.82, 2.24) is 10.2 Å². The zero-order valence-corrected chi connectivity index (χ0v) is 12.7. The molecule has 3 nitrogen and oxygen atoms in total. The summed E-state index contributed by atoms with van der Waals surface area (Å²) in [5, 5.41) is 4.46. The second-order valence-electron chi connectivity index (χ2n) is 4.76. The van der Waals surface area contributed by atoms with Crippen LogP contribution in [0.1, 0.15) is 11.3 Å². The number of nitrogens with one attached hydrogen (secondary N) is 1. The highest BCUT2D eigenvalue weighted by atomic mass is 32.2. The summed E-state index contributed by atoms with van der Waals surface area (Å²) in [7, 11) is 4.12. The molecule has 2 aromatic rings. The van der Waals surface area contributed by atoms with Crippen molar-refractivity contribution < 1.29 is 4.42 Å². The van der Waals surface area contributed by atoms with Gasteiger partial charge in [0.05, 0.1) is 6.54 Å². The maximum absolute atomic E-state index is 6.01. The second kappa shape index (κ2) is 6.98. The number of hydrogen-bond acceptors (Lipinski definition) is 4. The highest BCUT2D eigenvalue weighted by Crippen LogP contribution is 2.26. The van der Waals surface area contributed by atoms with Gasteiger partial charge in [0.15, 0.2) is 0 Å². The molecule has 0 unspecified atom stereocenters. The van der Waals surface area contributed by atoms with E-state index in [1.165, 1.54) is 10.9 Å². The van der Waals surface area contributed by atoms with Gasteiger partial charge < -0.3 is 9.73 Å². The molecular formula is C15H22N2OS. The minimum absolute atomic E-state index is 0.850. The van der Waals surface area contributed by atoms with E-state index in [4.69, 9.17) is 4.42 Å². The number of hydrogen-bond donors (Lipinski definition) is 1. The van der Waals surface area contributed by atoms with Crippen LogP contribution < -0.4 is 5.32 Å². The minimum atomic E-state index is 0.850. The van der Waals surface area contributed by atoms with Crippen LogP contribution >= 0.6 is 11.8 Å². The van der Waals surface area contributed by atoms with Gasteiger partial charge in [-0.3, -0.25) is 4.90 Å². The molecule has 0 atom stereocenters. The minimum Gasteiger partial charge on any atom is -0.459 e. The van der Waals surface area contributed by atoms with Crippen molar-refractivity contribution in [3.05, 3.63) is 35.6 Å². The van der Waals surface area contributed by atoms with Crippen LogP contribution in [-0.2, 0) is 13.1 Å². The van der Waals surface area contributed by atoms with Gasteiger partial charge in [-0.05, 0) is 26.4 Å². The Morgan fingerprint density at radius 3 is 2.84 bits per heavy atom. The molecule has 0 aliphatic rings. The van der Waals surface area contributed by atoms with Gasteiger partial charge in [-0.15, -0.1) is 0 Å². The average molecular weight is 278 g/mol. The van der Waals surface area contributed by atoms with Crippen molar-refractivity contribution in [2.45, 2.75) is 13.1 Å². The summed E-state index contributed by atoms with van der Waals surface area (Å²) in [4.78, 5) is 2.31. The smallest absolute Gasteiger partial charge is 0.134 e. The van der Waals surface area contributed by atoms with E-state index in [1.54, 1.807) is 0 Å². The lowest BCUT2D eigenvalue weighted by atomic mass is 10.1. The van der Waals surface area contributed by atoms with Gasteiger partial charge in [-0.1, -0.05) is 18.2 Å². The molecule has 1 N–H and O–H groups in total. The number of nitrogens with zero attached hydrogens (tertiary/aromatic N) is 1. The second-order valence-corrected chi connectivity index (χ2v) is 5.75. The quantitative estimate of drug-likeness (QED) is 0.843. The predicted octanol–water partition coefficient (Wildman–Crippen LogP) is 2.95. The maximum Gasteiger partial charge on any atom is 0.134 e. The molecule has 19 heavy (non-hydrogen) atoms. The van der Waals surface area contributed by atoms with E-state index in [-0.39, 0.29) is 0 Å². The number of rotatable bonds is 7. The zero-order chi connectivity index (χ0) is 13.7. The van der Waals surface area contributed by atoms with Crippen molar-refractivity contribution in [3.8, 4) is 0 Å². The Bertz CT molecular complexity index is 524. The lowest BCUT2D eigenvalue weighted by Gasteiger charge is -2.15. The van der Waals surface area contributed by atoms with Gasteiger partial charge >= 0.3 is 0 Å². The van der Waals surface area contributed by atoms with Crippen molar-refractivity contribution in [2.24, 2.45) is 0 Å². The Morgan fingerprint density at radius 1 is 1.32 bits per heavy atom. The van der Waals surface area contributed by atoms with E-state index in [0.29, 0.717) is 0 Å². The van der Waals surface area contributed by atoms with Crippen LogP contribution in [0.15, 0.2) is 28.7 Å². The molecule has 1 heterocycles. The van der Waals surface area contributed by atoms with E-state index >= 15 is 0 Å². The number of furan rings is 1. The molecule has 0 aliphatic carbocycles. The van der Waals surface area contributed by atoms with Crippen LogP contribution in [-0.4, -0.2) is 37.5 Å². The van der Waals surface area contributed by atoms with Crippen molar-refractivity contribution in [2.75, 3.05) is 32.6 Å². The fourth-order valence-corrected chi connectivity index (χ4v) is 2.71. The number of fused-ring (bicyclic) bond motifs is 1. The molecule has 0 saturated carbocycles. The molecule has 0 bridgehead atoms. The predicted molar refractivity (Wildman–Crippen MR) is 83.7 cm³/mol. The third-order valence-electron chi connectivity index (χ3n) is 3.23. The number of para-hydroxylation sites is 1. The summed E-state index contributed by atoms with van der Waals surface area (Å²) in [6.07, 6.45) is 2.14. The Kier molecular flexibility index (Phi) is 5.31. The molecular weight excluding hydrogens is 256 g/mol. The highest BCUT2D eigenvalue weighted by molar-refractivity contribution is 7.98. The summed E-state index contributed by atoms with van der Waals surface area (Å²) in [5.41, 5.74) is 2.27. The molecule has 104 valence electrons. The topological polar surface area (TPSA) is 28.4 Å². The van der Waals surface area contributed by atoms with Gasteiger partial charge in [-0.2, -0.15) is 11.8 Å². The first-order valence-electron chi connectivity index (χ1n) is 6.57. The fourth-order valence-electron chi connectivity index (χ4n) is 2.22. The summed E-state index contributed by atoms with van der Waals surface area (Å²) < 4.78 is 6.01. The lowest BCUT2D eigenvalue weighted by Crippen LogP contribution is -2.21. The summed E-state index contributed by atoms with van der Waals surface area (Å²) >= 11 is 1.88. The fraction of sp³-hybridized carbons (Fsp3) is 0.467. The van der Waals surface area contributed by atoms with Crippen LogP contribution in [0, 0.1) is 0 Å². The van der Waals surface area contributed by atoms with Gasteiger partial charge in [0.2, 0.25) is 0 Å². The summed E-state index contributed by atoms with van der Waals surface area (Å²) in [6, 6.07) is 8.27. The first-order valence-corrected chi connectivity index (χ1v) is 7.97. The third kappa shape index (κ3) is 3.53. The van der Waals surface area contributed by atoms with Crippen LogP contribution in [0.25, 0.3) is 11.0 Å². The van der Waals surface area contributed by atoms with Crippen molar-refractivity contribution >= 4 is 22.7 Å². The molecule has 0 spiro atoms. The van der Waals surface area contributed by atoms with E-state index in [2.05, 4.69) is 35.7 Å². The SMILES string of the molecule is CNCc1c(CN(C)CCSC)oc2ccccc12. The van der Waals surface area contributed by atoms with Crippen LogP contribution in [0.3, 0.4) is 0 Å². The molecule has 0 aliphatic heterocycles. The van der Waals surface area contributed by atoms with E-state index in [9.17, 15) is 0 Å². The summed E-state index contributed by atoms with van der Waals surface area (Å²) in [6.45, 7) is 2.80. The molecule has 1 aromatic carbocycles. The lowest BCUT2D eigenvalue weighted by molar-refractivity contribution is 0.314. The number of benzene rings is 1. The summed E-state index contributed by atoms with van der Waals surface area (Å²) in [5.74, 6) is 2.23. The normalized spacial score (nSPS) is 11.6. The Morgan fingerprint density at radius 2 is 2.11 bits per heavy atom. The molecule has 2 rings (SSSR count).